The van der Waals surface area contributed by atoms with E-state index in [0.29, 0.717) is 5.95 Å². The third-order valence-corrected chi connectivity index (χ3v) is 4.83. The number of hydrogen-bond donors (Lipinski definition) is 2. The minimum atomic E-state index is 0.305. The summed E-state index contributed by atoms with van der Waals surface area (Å²) in [6.45, 7) is 0.734. The molecule has 0 aliphatic carbocycles. The molecular formula is C11H9BrN4S2. The summed E-state index contributed by atoms with van der Waals surface area (Å²) in [5.74, 6) is 1.10. The molecule has 3 rings (SSSR count). The molecule has 0 fully saturated rings. The first-order valence-electron chi connectivity index (χ1n) is 5.21. The largest absolute Gasteiger partial charge is 0.368 e. The number of nitrogens with zero attached hydrogens (tertiary/aromatic N) is 2. The fraction of sp³-hybridized carbons (Fsp3) is 0.0909. The summed E-state index contributed by atoms with van der Waals surface area (Å²) in [6.07, 6.45) is 0. The number of thiophene rings is 2. The van der Waals surface area contributed by atoms with Crippen molar-refractivity contribution < 1.29 is 0 Å². The standard InChI is InChI=1S/C11H9BrN4S2/c12-8-2-1-6(18-8)5-14-9-7-3-4-17-10(7)16-11(13)15-9/h1-4H,5H2,(H3,13,14,15,16). The lowest BCUT2D eigenvalue weighted by atomic mass is 10.3. The van der Waals surface area contributed by atoms with Gasteiger partial charge in [0.2, 0.25) is 5.95 Å². The van der Waals surface area contributed by atoms with Gasteiger partial charge in [0.1, 0.15) is 10.6 Å². The van der Waals surface area contributed by atoms with Crippen LogP contribution in [0.3, 0.4) is 0 Å². The molecule has 18 heavy (non-hydrogen) atoms. The van der Waals surface area contributed by atoms with Gasteiger partial charge in [-0.3, -0.25) is 0 Å². The molecule has 3 N–H and O–H groups in total. The summed E-state index contributed by atoms with van der Waals surface area (Å²) >= 11 is 6.72. The van der Waals surface area contributed by atoms with Gasteiger partial charge in [-0.25, -0.2) is 4.98 Å². The Morgan fingerprint density at radius 2 is 2.17 bits per heavy atom. The van der Waals surface area contributed by atoms with Gasteiger partial charge >= 0.3 is 0 Å². The minimum absolute atomic E-state index is 0.305. The van der Waals surface area contributed by atoms with Crippen molar-refractivity contribution in [1.29, 1.82) is 0 Å². The summed E-state index contributed by atoms with van der Waals surface area (Å²) in [5, 5.41) is 6.32. The first-order valence-corrected chi connectivity index (χ1v) is 7.70. The van der Waals surface area contributed by atoms with Gasteiger partial charge in [-0.05, 0) is 39.5 Å². The number of rotatable bonds is 3. The van der Waals surface area contributed by atoms with E-state index in [1.54, 1.807) is 22.7 Å². The van der Waals surface area contributed by atoms with E-state index in [9.17, 15) is 0 Å². The summed E-state index contributed by atoms with van der Waals surface area (Å²) < 4.78 is 1.13. The smallest absolute Gasteiger partial charge is 0.223 e. The highest BCUT2D eigenvalue weighted by atomic mass is 79.9. The molecule has 3 heterocycles. The van der Waals surface area contributed by atoms with E-state index in [1.807, 2.05) is 17.5 Å². The molecule has 0 aliphatic rings. The first kappa shape index (κ1) is 11.9. The van der Waals surface area contributed by atoms with Crippen LogP contribution in [0.1, 0.15) is 4.88 Å². The van der Waals surface area contributed by atoms with E-state index in [0.717, 1.165) is 26.4 Å². The van der Waals surface area contributed by atoms with Crippen LogP contribution in [0, 0.1) is 0 Å². The normalized spacial score (nSPS) is 10.9. The number of nitrogens with one attached hydrogen (secondary N) is 1. The highest BCUT2D eigenvalue weighted by Gasteiger charge is 2.07. The van der Waals surface area contributed by atoms with E-state index in [4.69, 9.17) is 5.73 Å². The number of fused-ring (bicyclic) bond motifs is 1. The maximum absolute atomic E-state index is 5.70. The quantitative estimate of drug-likeness (QED) is 0.762. The molecule has 92 valence electrons. The van der Waals surface area contributed by atoms with Gasteiger partial charge in [-0.1, -0.05) is 0 Å². The second kappa shape index (κ2) is 4.83. The predicted octanol–water partition coefficient (Wildman–Crippen LogP) is 3.71. The van der Waals surface area contributed by atoms with Crippen molar-refractivity contribution in [3.63, 3.8) is 0 Å². The van der Waals surface area contributed by atoms with Gasteiger partial charge in [0.15, 0.2) is 0 Å². The topological polar surface area (TPSA) is 63.8 Å². The van der Waals surface area contributed by atoms with Crippen LogP contribution in [-0.4, -0.2) is 9.97 Å². The Bertz CT molecular complexity index is 691. The Kier molecular flexibility index (Phi) is 3.19. The van der Waals surface area contributed by atoms with Crippen LogP contribution >= 0.6 is 38.6 Å². The number of nitrogens with two attached hydrogens (primary N) is 1. The molecule has 0 aliphatic heterocycles. The molecule has 0 spiro atoms. The van der Waals surface area contributed by atoms with E-state index < -0.39 is 0 Å². The molecule has 3 aromatic rings. The third-order valence-electron chi connectivity index (χ3n) is 2.40. The zero-order valence-electron chi connectivity index (χ0n) is 9.18. The van der Waals surface area contributed by atoms with Crippen molar-refractivity contribution in [3.05, 3.63) is 32.2 Å². The van der Waals surface area contributed by atoms with Crippen LogP contribution in [0.2, 0.25) is 0 Å². The minimum Gasteiger partial charge on any atom is -0.368 e. The van der Waals surface area contributed by atoms with Crippen LogP contribution < -0.4 is 11.1 Å². The summed E-state index contributed by atoms with van der Waals surface area (Å²) in [5.41, 5.74) is 5.70. The Labute approximate surface area is 120 Å². The molecule has 0 atom stereocenters. The van der Waals surface area contributed by atoms with E-state index in [1.165, 1.54) is 4.88 Å². The molecule has 0 saturated heterocycles. The van der Waals surface area contributed by atoms with Gasteiger partial charge in [0, 0.05) is 4.88 Å². The molecule has 3 aromatic heterocycles. The maximum Gasteiger partial charge on any atom is 0.223 e. The second-order valence-corrected chi connectivity index (χ2v) is 7.07. The summed E-state index contributed by atoms with van der Waals surface area (Å²) in [4.78, 5) is 10.6. The molecule has 0 amide bonds. The van der Waals surface area contributed by atoms with Crippen molar-refractivity contribution in [1.82, 2.24) is 9.97 Å². The lowest BCUT2D eigenvalue weighted by Crippen LogP contribution is -2.03. The highest BCUT2D eigenvalue weighted by Crippen LogP contribution is 2.27. The Balaban J connectivity index is 1.87. The van der Waals surface area contributed by atoms with Crippen LogP contribution in [-0.2, 0) is 6.54 Å². The fourth-order valence-electron chi connectivity index (χ4n) is 1.62. The van der Waals surface area contributed by atoms with Gasteiger partial charge in [0.05, 0.1) is 15.7 Å². The molecule has 0 unspecified atom stereocenters. The molecule has 0 radical (unpaired) electrons. The summed E-state index contributed by atoms with van der Waals surface area (Å²) in [7, 11) is 0. The Hall–Kier alpha value is -1.18. The van der Waals surface area contributed by atoms with Crippen LogP contribution in [0.5, 0.6) is 0 Å². The van der Waals surface area contributed by atoms with Gasteiger partial charge < -0.3 is 11.1 Å². The van der Waals surface area contributed by atoms with Crippen LogP contribution in [0.4, 0.5) is 11.8 Å². The van der Waals surface area contributed by atoms with Crippen molar-refractivity contribution >= 4 is 60.6 Å². The van der Waals surface area contributed by atoms with Gasteiger partial charge in [-0.15, -0.1) is 22.7 Å². The fourth-order valence-corrected chi connectivity index (χ4v) is 3.82. The van der Waals surface area contributed by atoms with Gasteiger partial charge in [-0.2, -0.15) is 4.98 Å². The van der Waals surface area contributed by atoms with E-state index in [-0.39, 0.29) is 0 Å². The Morgan fingerprint density at radius 1 is 1.28 bits per heavy atom. The zero-order valence-corrected chi connectivity index (χ0v) is 12.4. The third kappa shape index (κ3) is 2.33. The van der Waals surface area contributed by atoms with Crippen LogP contribution in [0.25, 0.3) is 10.2 Å². The average molecular weight is 341 g/mol. The molecule has 0 bridgehead atoms. The molecule has 0 aromatic carbocycles. The number of hydrogen-bond acceptors (Lipinski definition) is 6. The summed E-state index contributed by atoms with van der Waals surface area (Å²) in [6, 6.07) is 6.12. The predicted molar refractivity (Wildman–Crippen MR) is 81.2 cm³/mol. The highest BCUT2D eigenvalue weighted by molar-refractivity contribution is 9.11. The zero-order chi connectivity index (χ0) is 12.5. The lowest BCUT2D eigenvalue weighted by Gasteiger charge is -2.05. The van der Waals surface area contributed by atoms with E-state index in [2.05, 4.69) is 37.3 Å². The number of nitrogen functional groups attached to an aromatic ring is 1. The molecule has 4 nitrogen and oxygen atoms in total. The number of anilines is 2. The average Bonchev–Trinajstić information content (AvgIpc) is 2.94. The van der Waals surface area contributed by atoms with Crippen LogP contribution in [0.15, 0.2) is 27.4 Å². The van der Waals surface area contributed by atoms with Crippen molar-refractivity contribution in [3.8, 4) is 0 Å². The van der Waals surface area contributed by atoms with Gasteiger partial charge in [0.25, 0.3) is 0 Å². The first-order chi connectivity index (χ1) is 8.72. The molecule has 0 saturated carbocycles. The van der Waals surface area contributed by atoms with Crippen molar-refractivity contribution in [2.45, 2.75) is 6.54 Å². The lowest BCUT2D eigenvalue weighted by molar-refractivity contribution is 1.14. The number of halogens is 1. The number of aromatic nitrogens is 2. The SMILES string of the molecule is Nc1nc(NCc2ccc(Br)s2)c2ccsc2n1. The van der Waals surface area contributed by atoms with Crippen molar-refractivity contribution in [2.24, 2.45) is 0 Å². The maximum atomic E-state index is 5.70. The Morgan fingerprint density at radius 3 is 2.94 bits per heavy atom. The second-order valence-electron chi connectivity index (χ2n) is 3.63. The molecule has 7 heteroatoms. The monoisotopic (exact) mass is 340 g/mol. The van der Waals surface area contributed by atoms with Crippen molar-refractivity contribution in [2.75, 3.05) is 11.1 Å². The molecular weight excluding hydrogens is 332 g/mol. The van der Waals surface area contributed by atoms with E-state index >= 15 is 0 Å².